The Labute approximate surface area is 149 Å². The molecule has 1 aliphatic rings. The number of carbonyl (C=O) groups is 1. The summed E-state index contributed by atoms with van der Waals surface area (Å²) in [6, 6.07) is 4.24. The van der Waals surface area contributed by atoms with E-state index in [4.69, 9.17) is 0 Å². The lowest BCUT2D eigenvalue weighted by atomic mass is 9.91. The minimum atomic E-state index is 0.270. The monoisotopic (exact) mass is 341 g/mol. The minimum Gasteiger partial charge on any atom is -0.363 e. The Morgan fingerprint density at radius 3 is 3.00 bits per heavy atom. The molecule has 134 valence electrons. The second-order valence-corrected chi connectivity index (χ2v) is 6.92. The fourth-order valence-corrected chi connectivity index (χ4v) is 3.40. The lowest BCUT2D eigenvalue weighted by Crippen LogP contribution is -2.39. The van der Waals surface area contributed by atoms with Crippen LogP contribution in [0.15, 0.2) is 37.1 Å². The van der Waals surface area contributed by atoms with E-state index in [1.54, 1.807) is 12.5 Å². The maximum atomic E-state index is 12.6. The van der Waals surface area contributed by atoms with Crippen molar-refractivity contribution in [3.05, 3.63) is 42.6 Å². The van der Waals surface area contributed by atoms with Crippen molar-refractivity contribution < 1.29 is 4.79 Å². The Balaban J connectivity index is 1.55. The number of carbonyl (C=O) groups excluding carboxylic acids is 1. The Bertz CT molecular complexity index is 683. The maximum absolute atomic E-state index is 12.6. The average molecular weight is 341 g/mol. The Hall–Kier alpha value is -2.37. The molecule has 3 heterocycles. The molecule has 1 unspecified atom stereocenters. The lowest BCUT2D eigenvalue weighted by molar-refractivity contribution is -0.132. The van der Waals surface area contributed by atoms with E-state index >= 15 is 0 Å². The van der Waals surface area contributed by atoms with Crippen molar-refractivity contribution in [1.82, 2.24) is 19.4 Å². The molecule has 2 aromatic rings. The van der Waals surface area contributed by atoms with Gasteiger partial charge in [-0.15, -0.1) is 0 Å². The number of imidazole rings is 1. The van der Waals surface area contributed by atoms with Crippen molar-refractivity contribution in [1.29, 1.82) is 0 Å². The summed E-state index contributed by atoms with van der Waals surface area (Å²) in [5, 5.41) is 0. The van der Waals surface area contributed by atoms with Gasteiger partial charge >= 0.3 is 0 Å². The highest BCUT2D eigenvalue weighted by molar-refractivity contribution is 5.76. The van der Waals surface area contributed by atoms with E-state index < -0.39 is 0 Å². The molecular weight excluding hydrogens is 314 g/mol. The molecule has 0 saturated carbocycles. The Morgan fingerprint density at radius 1 is 1.36 bits per heavy atom. The van der Waals surface area contributed by atoms with Crippen LogP contribution >= 0.6 is 0 Å². The van der Waals surface area contributed by atoms with Gasteiger partial charge in [0.25, 0.3) is 0 Å². The number of aryl methyl sites for hydroxylation is 1. The smallest absolute Gasteiger partial charge is 0.222 e. The molecule has 0 aromatic carbocycles. The van der Waals surface area contributed by atoms with Crippen LogP contribution in [0.4, 0.5) is 5.82 Å². The van der Waals surface area contributed by atoms with Gasteiger partial charge in [0, 0.05) is 64.7 Å². The van der Waals surface area contributed by atoms with Crippen LogP contribution in [0.3, 0.4) is 0 Å². The molecule has 1 aliphatic heterocycles. The van der Waals surface area contributed by atoms with Crippen LogP contribution in [-0.4, -0.2) is 52.5 Å². The van der Waals surface area contributed by atoms with Gasteiger partial charge in [0.1, 0.15) is 5.82 Å². The maximum Gasteiger partial charge on any atom is 0.222 e. The summed E-state index contributed by atoms with van der Waals surface area (Å²) in [7, 11) is 4.01. The van der Waals surface area contributed by atoms with Crippen molar-refractivity contribution in [3.63, 3.8) is 0 Å². The predicted octanol–water partition coefficient (Wildman–Crippen LogP) is 2.53. The Kier molecular flexibility index (Phi) is 5.68. The van der Waals surface area contributed by atoms with Gasteiger partial charge < -0.3 is 14.4 Å². The van der Waals surface area contributed by atoms with Crippen LogP contribution in [0.25, 0.3) is 0 Å². The highest BCUT2D eigenvalue weighted by atomic mass is 16.2. The number of anilines is 1. The van der Waals surface area contributed by atoms with Crippen molar-refractivity contribution >= 4 is 11.7 Å². The van der Waals surface area contributed by atoms with Gasteiger partial charge in [-0.05, 0) is 37.0 Å². The van der Waals surface area contributed by atoms with Crippen LogP contribution in [0.1, 0.15) is 37.2 Å². The van der Waals surface area contributed by atoms with Gasteiger partial charge in [-0.3, -0.25) is 4.79 Å². The first-order chi connectivity index (χ1) is 12.1. The van der Waals surface area contributed by atoms with E-state index in [1.807, 2.05) is 40.9 Å². The van der Waals surface area contributed by atoms with Gasteiger partial charge in [-0.1, -0.05) is 0 Å². The number of piperidine rings is 1. The topological polar surface area (TPSA) is 54.3 Å². The highest BCUT2D eigenvalue weighted by Crippen LogP contribution is 2.28. The van der Waals surface area contributed by atoms with E-state index in [0.29, 0.717) is 12.3 Å². The van der Waals surface area contributed by atoms with Crippen LogP contribution in [-0.2, 0) is 11.3 Å². The molecule has 1 saturated heterocycles. The third kappa shape index (κ3) is 4.59. The summed E-state index contributed by atoms with van der Waals surface area (Å²) < 4.78 is 2.02. The fourth-order valence-electron chi connectivity index (χ4n) is 3.40. The summed E-state index contributed by atoms with van der Waals surface area (Å²) in [5.41, 5.74) is 1.29. The standard InChI is InChI=1S/C19H27N5O/c1-22(2)18-13-16(7-8-21-18)17-5-3-11-24(14-17)19(25)6-4-10-23-12-9-20-15-23/h7-9,12-13,15,17H,3-6,10-11,14H2,1-2H3. The second kappa shape index (κ2) is 8.14. The van der Waals surface area contributed by atoms with E-state index in [0.717, 1.165) is 44.7 Å². The first-order valence-electron chi connectivity index (χ1n) is 9.00. The molecule has 2 aromatic heterocycles. The second-order valence-electron chi connectivity index (χ2n) is 6.92. The van der Waals surface area contributed by atoms with Gasteiger partial charge in [0.2, 0.25) is 5.91 Å². The molecule has 0 spiro atoms. The van der Waals surface area contributed by atoms with Crippen LogP contribution < -0.4 is 4.90 Å². The van der Waals surface area contributed by atoms with Crippen molar-refractivity contribution in [2.75, 3.05) is 32.1 Å². The average Bonchev–Trinajstić information content (AvgIpc) is 3.15. The van der Waals surface area contributed by atoms with E-state index in [1.165, 1.54) is 5.56 Å². The third-order valence-electron chi connectivity index (χ3n) is 4.84. The van der Waals surface area contributed by atoms with Crippen molar-refractivity contribution in [2.45, 2.75) is 38.1 Å². The number of hydrogen-bond donors (Lipinski definition) is 0. The van der Waals surface area contributed by atoms with E-state index in [9.17, 15) is 4.79 Å². The molecule has 25 heavy (non-hydrogen) atoms. The lowest BCUT2D eigenvalue weighted by Gasteiger charge is -2.33. The summed E-state index contributed by atoms with van der Waals surface area (Å²) in [5.74, 6) is 1.65. The normalized spacial score (nSPS) is 17.5. The largest absolute Gasteiger partial charge is 0.363 e. The number of amides is 1. The molecule has 1 atom stereocenters. The van der Waals surface area contributed by atoms with Crippen LogP contribution in [0.2, 0.25) is 0 Å². The first-order valence-corrected chi connectivity index (χ1v) is 9.00. The first kappa shape index (κ1) is 17.5. The quantitative estimate of drug-likeness (QED) is 0.810. The Morgan fingerprint density at radius 2 is 2.24 bits per heavy atom. The molecule has 3 rings (SSSR count). The number of aromatic nitrogens is 3. The number of hydrogen-bond acceptors (Lipinski definition) is 4. The molecule has 6 heteroatoms. The SMILES string of the molecule is CN(C)c1cc(C2CCCN(C(=O)CCCn3ccnc3)C2)ccn1. The number of pyridine rings is 1. The summed E-state index contributed by atoms with van der Waals surface area (Å²) in [6.45, 7) is 2.55. The van der Waals surface area contributed by atoms with Crippen molar-refractivity contribution in [2.24, 2.45) is 0 Å². The summed E-state index contributed by atoms with van der Waals surface area (Å²) in [4.78, 5) is 25.0. The van der Waals surface area contributed by atoms with Gasteiger partial charge in [0.05, 0.1) is 6.33 Å². The highest BCUT2D eigenvalue weighted by Gasteiger charge is 2.24. The fraction of sp³-hybridized carbons (Fsp3) is 0.526. The predicted molar refractivity (Wildman–Crippen MR) is 98.6 cm³/mol. The number of likely N-dealkylation sites (tertiary alicyclic amines) is 1. The van der Waals surface area contributed by atoms with Crippen LogP contribution in [0, 0.1) is 0 Å². The zero-order valence-electron chi connectivity index (χ0n) is 15.1. The molecular formula is C19H27N5O. The van der Waals surface area contributed by atoms with Gasteiger partial charge in [-0.25, -0.2) is 9.97 Å². The molecule has 1 amide bonds. The summed E-state index contributed by atoms with van der Waals surface area (Å²) in [6.07, 6.45) is 11.0. The zero-order valence-corrected chi connectivity index (χ0v) is 15.1. The van der Waals surface area contributed by atoms with Gasteiger partial charge in [0.15, 0.2) is 0 Å². The van der Waals surface area contributed by atoms with E-state index in [2.05, 4.69) is 22.1 Å². The van der Waals surface area contributed by atoms with Crippen molar-refractivity contribution in [3.8, 4) is 0 Å². The number of nitrogens with zero attached hydrogens (tertiary/aromatic N) is 5. The molecule has 1 fully saturated rings. The molecule has 0 radical (unpaired) electrons. The minimum absolute atomic E-state index is 0.270. The van der Waals surface area contributed by atoms with Crippen LogP contribution in [0.5, 0.6) is 0 Å². The molecule has 0 N–H and O–H groups in total. The third-order valence-corrected chi connectivity index (χ3v) is 4.84. The zero-order chi connectivity index (χ0) is 17.6. The molecule has 0 bridgehead atoms. The molecule has 6 nitrogen and oxygen atoms in total. The number of rotatable bonds is 6. The van der Waals surface area contributed by atoms with Gasteiger partial charge in [-0.2, -0.15) is 0 Å². The summed E-state index contributed by atoms with van der Waals surface area (Å²) >= 11 is 0. The van der Waals surface area contributed by atoms with E-state index in [-0.39, 0.29) is 5.91 Å². The molecule has 0 aliphatic carbocycles.